The molecule has 2 N–H and O–H groups in total. The summed E-state index contributed by atoms with van der Waals surface area (Å²) in [5, 5.41) is 5.68. The Hall–Kier alpha value is -3.32. The molecule has 0 radical (unpaired) electrons. The van der Waals surface area contributed by atoms with Gasteiger partial charge in [0.15, 0.2) is 0 Å². The lowest BCUT2D eigenvalue weighted by Gasteiger charge is -2.34. The molecule has 182 valence electrons. The largest absolute Gasteiger partial charge is 0.341 e. The Bertz CT molecular complexity index is 1370. The molecule has 0 saturated heterocycles. The first kappa shape index (κ1) is 23.1. The number of aromatic amines is 1. The van der Waals surface area contributed by atoms with E-state index in [1.54, 1.807) is 11.3 Å². The maximum absolute atomic E-state index is 4.89. The number of benzene rings is 2. The van der Waals surface area contributed by atoms with E-state index in [4.69, 9.17) is 9.97 Å². The molecule has 0 saturated carbocycles. The number of hydrogen-bond acceptors (Lipinski definition) is 5. The predicted molar refractivity (Wildman–Crippen MR) is 147 cm³/mol. The van der Waals surface area contributed by atoms with Crippen LogP contribution in [0.5, 0.6) is 0 Å². The first-order valence-electron chi connectivity index (χ1n) is 12.7. The van der Waals surface area contributed by atoms with Crippen molar-refractivity contribution in [3.05, 3.63) is 117 Å². The maximum Gasteiger partial charge on any atom is 0.121 e. The number of H-pyrrole nitrogens is 1. The van der Waals surface area contributed by atoms with E-state index in [2.05, 4.69) is 87.3 Å². The zero-order valence-corrected chi connectivity index (χ0v) is 21.2. The topological polar surface area (TPSA) is 56.8 Å². The van der Waals surface area contributed by atoms with Crippen molar-refractivity contribution >= 4 is 22.4 Å². The summed E-state index contributed by atoms with van der Waals surface area (Å²) in [6.45, 7) is 3.42. The average molecular weight is 494 g/mol. The highest BCUT2D eigenvalue weighted by molar-refractivity contribution is 7.09. The molecule has 2 aromatic carbocycles. The Morgan fingerprint density at radius 3 is 2.67 bits per heavy atom. The van der Waals surface area contributed by atoms with Crippen molar-refractivity contribution in [2.75, 3.05) is 0 Å². The van der Waals surface area contributed by atoms with Crippen LogP contribution in [-0.2, 0) is 32.6 Å². The summed E-state index contributed by atoms with van der Waals surface area (Å²) in [4.78, 5) is 17.2. The molecular weight excluding hydrogens is 462 g/mol. The second-order valence-electron chi connectivity index (χ2n) is 9.56. The number of nitrogens with zero attached hydrogens (tertiary/aromatic N) is 3. The molecule has 1 unspecified atom stereocenters. The van der Waals surface area contributed by atoms with Crippen LogP contribution in [0.25, 0.3) is 11.0 Å². The fourth-order valence-corrected chi connectivity index (χ4v) is 5.90. The summed E-state index contributed by atoms with van der Waals surface area (Å²) in [5.74, 6) is 1.01. The molecule has 6 heteroatoms. The third-order valence-corrected chi connectivity index (χ3v) is 7.89. The number of nitrogens with one attached hydrogen (secondary N) is 2. The van der Waals surface area contributed by atoms with Crippen LogP contribution in [0.3, 0.4) is 0 Å². The van der Waals surface area contributed by atoms with Gasteiger partial charge in [-0.25, -0.2) is 4.98 Å². The maximum atomic E-state index is 4.89. The van der Waals surface area contributed by atoms with Crippen LogP contribution < -0.4 is 5.32 Å². The predicted octanol–water partition coefficient (Wildman–Crippen LogP) is 6.39. The summed E-state index contributed by atoms with van der Waals surface area (Å²) < 4.78 is 0. The number of imidazole rings is 1. The van der Waals surface area contributed by atoms with Crippen molar-refractivity contribution in [3.63, 3.8) is 0 Å². The van der Waals surface area contributed by atoms with Crippen LogP contribution in [0, 0.1) is 0 Å². The molecule has 1 aliphatic carbocycles. The summed E-state index contributed by atoms with van der Waals surface area (Å²) in [7, 11) is 0. The fraction of sp³-hybridized carbons (Fsp3) is 0.267. The van der Waals surface area contributed by atoms with Gasteiger partial charge in [0.05, 0.1) is 29.3 Å². The monoisotopic (exact) mass is 493 g/mol. The highest BCUT2D eigenvalue weighted by Gasteiger charge is 2.28. The van der Waals surface area contributed by atoms with Crippen molar-refractivity contribution < 1.29 is 0 Å². The minimum Gasteiger partial charge on any atom is -0.341 e. The lowest BCUT2D eigenvalue weighted by atomic mass is 9.90. The highest BCUT2D eigenvalue weighted by Crippen LogP contribution is 2.34. The molecule has 36 heavy (non-hydrogen) atoms. The van der Waals surface area contributed by atoms with Gasteiger partial charge < -0.3 is 10.3 Å². The van der Waals surface area contributed by atoms with Gasteiger partial charge in [-0.3, -0.25) is 9.88 Å². The molecule has 1 aliphatic rings. The standard InChI is InChI=1S/C30H31N5S/c1-2-10-27-26(9-1)33-29(34-27)21-35(28-11-3-6-24-7-4-16-32-30(24)28)20-23-14-12-22(13-15-23)18-31-19-25-8-5-17-36-25/h1-2,4-5,7-10,12-17,28,31H,3,6,11,18-21H2,(H,33,34). The molecule has 3 aromatic heterocycles. The number of hydrogen-bond donors (Lipinski definition) is 2. The van der Waals surface area contributed by atoms with Gasteiger partial charge in [0.25, 0.3) is 0 Å². The number of aryl methyl sites for hydroxylation is 1. The van der Waals surface area contributed by atoms with Crippen molar-refractivity contribution in [1.29, 1.82) is 0 Å². The van der Waals surface area contributed by atoms with Crippen LogP contribution in [0.15, 0.2) is 84.4 Å². The molecule has 0 aliphatic heterocycles. The zero-order chi connectivity index (χ0) is 24.2. The van der Waals surface area contributed by atoms with Gasteiger partial charge in [0.1, 0.15) is 5.82 Å². The summed E-state index contributed by atoms with van der Waals surface area (Å²) in [6.07, 6.45) is 5.36. The molecule has 1 atom stereocenters. The number of rotatable bonds is 9. The number of fused-ring (bicyclic) bond motifs is 2. The van der Waals surface area contributed by atoms with E-state index in [0.717, 1.165) is 55.9 Å². The molecule has 0 fully saturated rings. The van der Waals surface area contributed by atoms with Gasteiger partial charge in [-0.1, -0.05) is 48.5 Å². The molecular formula is C30H31N5S. The molecule has 0 bridgehead atoms. The van der Waals surface area contributed by atoms with Gasteiger partial charge in [0.2, 0.25) is 0 Å². The van der Waals surface area contributed by atoms with Gasteiger partial charge in [-0.05, 0) is 65.6 Å². The minimum atomic E-state index is 0.287. The van der Waals surface area contributed by atoms with Crippen molar-refractivity contribution in [3.8, 4) is 0 Å². The van der Waals surface area contributed by atoms with Crippen LogP contribution in [0.1, 0.15) is 52.0 Å². The van der Waals surface area contributed by atoms with Gasteiger partial charge in [-0.15, -0.1) is 11.3 Å². The van der Waals surface area contributed by atoms with Gasteiger partial charge >= 0.3 is 0 Å². The van der Waals surface area contributed by atoms with Crippen LogP contribution in [0.2, 0.25) is 0 Å². The van der Waals surface area contributed by atoms with Gasteiger partial charge in [0, 0.05) is 30.7 Å². The highest BCUT2D eigenvalue weighted by atomic mass is 32.1. The summed E-state index contributed by atoms with van der Waals surface area (Å²) >= 11 is 1.80. The second kappa shape index (κ2) is 10.7. The summed E-state index contributed by atoms with van der Waals surface area (Å²) in [5.41, 5.74) is 7.35. The first-order chi connectivity index (χ1) is 17.8. The SMILES string of the molecule is c1csc(CNCc2ccc(CN(Cc3nc4ccccc4[nH]3)C3CCCc4cccnc43)cc2)c1. The number of pyridine rings is 1. The van der Waals surface area contributed by atoms with E-state index in [1.807, 2.05) is 12.3 Å². The van der Waals surface area contributed by atoms with Gasteiger partial charge in [-0.2, -0.15) is 0 Å². The third-order valence-electron chi connectivity index (χ3n) is 7.01. The smallest absolute Gasteiger partial charge is 0.121 e. The van der Waals surface area contributed by atoms with Crippen molar-refractivity contribution in [1.82, 2.24) is 25.2 Å². The number of thiophene rings is 1. The lowest BCUT2D eigenvalue weighted by molar-refractivity contribution is 0.153. The lowest BCUT2D eigenvalue weighted by Crippen LogP contribution is -2.31. The Morgan fingerprint density at radius 2 is 1.81 bits per heavy atom. The quantitative estimate of drug-likeness (QED) is 0.250. The Morgan fingerprint density at radius 1 is 0.917 bits per heavy atom. The second-order valence-corrected chi connectivity index (χ2v) is 10.6. The van der Waals surface area contributed by atoms with E-state index < -0.39 is 0 Å². The van der Waals surface area contributed by atoms with E-state index in [9.17, 15) is 0 Å². The average Bonchev–Trinajstić information content (AvgIpc) is 3.58. The first-order valence-corrected chi connectivity index (χ1v) is 13.6. The van der Waals surface area contributed by atoms with Crippen LogP contribution in [0.4, 0.5) is 0 Å². The van der Waals surface area contributed by atoms with E-state index >= 15 is 0 Å². The normalized spacial score (nSPS) is 15.4. The number of para-hydroxylation sites is 2. The van der Waals surface area contributed by atoms with Crippen molar-refractivity contribution in [2.24, 2.45) is 0 Å². The molecule has 6 rings (SSSR count). The third kappa shape index (κ3) is 5.26. The fourth-order valence-electron chi connectivity index (χ4n) is 5.23. The molecule has 5 nitrogen and oxygen atoms in total. The minimum absolute atomic E-state index is 0.287. The van der Waals surface area contributed by atoms with E-state index in [0.29, 0.717) is 0 Å². The Balaban J connectivity index is 1.21. The van der Waals surface area contributed by atoms with E-state index in [-0.39, 0.29) is 6.04 Å². The Kier molecular flexibility index (Phi) is 6.89. The summed E-state index contributed by atoms with van der Waals surface area (Å²) in [6, 6.07) is 26.2. The molecule has 5 aromatic rings. The van der Waals surface area contributed by atoms with Crippen molar-refractivity contribution in [2.45, 2.75) is 51.5 Å². The molecule has 0 amide bonds. The van der Waals surface area contributed by atoms with Crippen LogP contribution in [-0.4, -0.2) is 19.9 Å². The van der Waals surface area contributed by atoms with E-state index in [1.165, 1.54) is 33.7 Å². The number of aromatic nitrogens is 3. The molecule has 3 heterocycles. The Labute approximate surface area is 216 Å². The zero-order valence-electron chi connectivity index (χ0n) is 20.4. The molecule has 0 spiro atoms. The van der Waals surface area contributed by atoms with Crippen LogP contribution >= 0.6 is 11.3 Å².